The minimum Gasteiger partial charge on any atom is -0.497 e. The predicted octanol–water partition coefficient (Wildman–Crippen LogP) is 4.23. The molecule has 0 aliphatic carbocycles. The molecule has 0 radical (unpaired) electrons. The molecule has 1 aliphatic heterocycles. The van der Waals surface area contributed by atoms with E-state index in [1.54, 1.807) is 24.5 Å². The average Bonchev–Trinajstić information content (AvgIpc) is 3.44. The molecular formula is C21H21N3O3S. The van der Waals surface area contributed by atoms with Gasteiger partial charge in [0.25, 0.3) is 0 Å². The van der Waals surface area contributed by atoms with Gasteiger partial charge in [0.2, 0.25) is 17.6 Å². The minimum absolute atomic E-state index is 0.0521. The normalized spacial score (nSPS) is 15.2. The van der Waals surface area contributed by atoms with E-state index in [-0.39, 0.29) is 11.8 Å². The highest BCUT2D eigenvalue weighted by atomic mass is 32.1. The lowest BCUT2D eigenvalue weighted by Gasteiger charge is -2.29. The van der Waals surface area contributed by atoms with Crippen LogP contribution in [0.15, 0.2) is 52.4 Å². The van der Waals surface area contributed by atoms with Crippen molar-refractivity contribution in [2.24, 2.45) is 0 Å². The summed E-state index contributed by atoms with van der Waals surface area (Å²) in [6.07, 6.45) is 5.17. The smallest absolute Gasteiger partial charge is 0.246 e. The van der Waals surface area contributed by atoms with Crippen molar-refractivity contribution in [1.29, 1.82) is 0 Å². The highest BCUT2D eigenvalue weighted by molar-refractivity contribution is 7.10. The van der Waals surface area contributed by atoms with Crippen molar-refractivity contribution < 1.29 is 14.1 Å². The first-order valence-corrected chi connectivity index (χ1v) is 10.1. The van der Waals surface area contributed by atoms with Crippen LogP contribution in [-0.2, 0) is 4.79 Å². The summed E-state index contributed by atoms with van der Waals surface area (Å²) in [4.78, 5) is 19.9. The van der Waals surface area contributed by atoms with Crippen LogP contribution in [0, 0.1) is 0 Å². The fraction of sp³-hybridized carbons (Fsp3) is 0.286. The van der Waals surface area contributed by atoms with Crippen molar-refractivity contribution in [3.05, 3.63) is 58.6 Å². The van der Waals surface area contributed by atoms with Gasteiger partial charge in [0.05, 0.1) is 7.11 Å². The molecule has 0 bridgehead atoms. The number of hydrogen-bond donors (Lipinski definition) is 0. The molecule has 1 saturated heterocycles. The minimum atomic E-state index is 0.0521. The van der Waals surface area contributed by atoms with Crippen LogP contribution in [-0.4, -0.2) is 41.1 Å². The Bertz CT molecular complexity index is 940. The number of rotatable bonds is 5. The fourth-order valence-electron chi connectivity index (χ4n) is 3.25. The van der Waals surface area contributed by atoms with Gasteiger partial charge < -0.3 is 14.2 Å². The maximum atomic E-state index is 12.4. The molecule has 0 N–H and O–H groups in total. The highest BCUT2D eigenvalue weighted by Gasteiger charge is 2.27. The lowest BCUT2D eigenvalue weighted by molar-refractivity contribution is -0.127. The standard InChI is InChI=1S/C21H21N3O3S/c1-26-17-6-4-15(5-7-17)20-22-21(27-23-20)16-10-12-24(13-11-16)19(25)9-8-18-3-2-14-28-18/h2-9,14,16H,10-13H2,1H3/b9-8+. The van der Waals surface area contributed by atoms with Crippen molar-refractivity contribution in [2.45, 2.75) is 18.8 Å². The van der Waals surface area contributed by atoms with Crippen LogP contribution in [0.4, 0.5) is 0 Å². The van der Waals surface area contributed by atoms with Crippen molar-refractivity contribution >= 4 is 23.3 Å². The number of thiophene rings is 1. The molecule has 3 heterocycles. The summed E-state index contributed by atoms with van der Waals surface area (Å²) >= 11 is 1.62. The second kappa shape index (κ2) is 8.39. The number of likely N-dealkylation sites (tertiary alicyclic amines) is 1. The van der Waals surface area contributed by atoms with Crippen LogP contribution in [0.2, 0.25) is 0 Å². The number of hydrogen-bond acceptors (Lipinski definition) is 6. The van der Waals surface area contributed by atoms with Crippen LogP contribution < -0.4 is 4.74 Å². The van der Waals surface area contributed by atoms with Gasteiger partial charge in [0.15, 0.2) is 0 Å². The van der Waals surface area contributed by atoms with E-state index < -0.39 is 0 Å². The number of benzene rings is 1. The Morgan fingerprint density at radius 1 is 1.25 bits per heavy atom. The largest absolute Gasteiger partial charge is 0.497 e. The number of amides is 1. The molecule has 1 aromatic carbocycles. The number of aromatic nitrogens is 2. The van der Waals surface area contributed by atoms with E-state index in [0.29, 0.717) is 24.8 Å². The first-order chi connectivity index (χ1) is 13.7. The Kier molecular flexibility index (Phi) is 5.53. The lowest BCUT2D eigenvalue weighted by Crippen LogP contribution is -2.36. The van der Waals surface area contributed by atoms with E-state index >= 15 is 0 Å². The predicted molar refractivity (Wildman–Crippen MR) is 108 cm³/mol. The van der Waals surface area contributed by atoms with Gasteiger partial charge in [-0.25, -0.2) is 0 Å². The summed E-state index contributed by atoms with van der Waals surface area (Å²) < 4.78 is 10.7. The summed E-state index contributed by atoms with van der Waals surface area (Å²) in [5, 5.41) is 6.11. The summed E-state index contributed by atoms with van der Waals surface area (Å²) in [5.41, 5.74) is 0.891. The van der Waals surface area contributed by atoms with Crippen LogP contribution in [0.25, 0.3) is 17.5 Å². The van der Waals surface area contributed by atoms with E-state index in [9.17, 15) is 4.79 Å². The Morgan fingerprint density at radius 3 is 2.71 bits per heavy atom. The first kappa shape index (κ1) is 18.4. The van der Waals surface area contributed by atoms with E-state index in [1.165, 1.54) is 0 Å². The number of carbonyl (C=O) groups excluding carboxylic acids is 1. The number of methoxy groups -OCH3 is 1. The molecule has 3 aromatic rings. The molecule has 7 heteroatoms. The molecule has 0 spiro atoms. The van der Waals surface area contributed by atoms with Crippen LogP contribution in [0.5, 0.6) is 5.75 Å². The molecule has 6 nitrogen and oxygen atoms in total. The molecule has 1 amide bonds. The third-order valence-electron chi connectivity index (χ3n) is 4.88. The third-order valence-corrected chi connectivity index (χ3v) is 5.72. The van der Waals surface area contributed by atoms with E-state index in [4.69, 9.17) is 9.26 Å². The molecule has 144 valence electrons. The quantitative estimate of drug-likeness (QED) is 0.605. The Balaban J connectivity index is 1.35. The molecule has 28 heavy (non-hydrogen) atoms. The number of ether oxygens (including phenoxy) is 1. The van der Waals surface area contributed by atoms with Crippen LogP contribution >= 0.6 is 11.3 Å². The van der Waals surface area contributed by atoms with Crippen molar-refractivity contribution in [1.82, 2.24) is 15.0 Å². The highest BCUT2D eigenvalue weighted by Crippen LogP contribution is 2.29. The van der Waals surface area contributed by atoms with Gasteiger partial charge in [0, 0.05) is 35.5 Å². The number of piperidine rings is 1. The first-order valence-electron chi connectivity index (χ1n) is 9.21. The zero-order valence-corrected chi connectivity index (χ0v) is 16.4. The van der Waals surface area contributed by atoms with Crippen molar-refractivity contribution in [2.75, 3.05) is 20.2 Å². The molecule has 0 atom stereocenters. The number of carbonyl (C=O) groups is 1. The van der Waals surface area contributed by atoms with Gasteiger partial charge in [0.1, 0.15) is 5.75 Å². The van der Waals surface area contributed by atoms with Crippen molar-refractivity contribution in [3.8, 4) is 17.1 Å². The molecule has 1 aliphatic rings. The SMILES string of the molecule is COc1ccc(-c2noc(C3CCN(C(=O)/C=C/c4cccs4)CC3)n2)cc1. The molecule has 2 aromatic heterocycles. The number of nitrogens with zero attached hydrogens (tertiary/aromatic N) is 3. The second-order valence-corrected chi connectivity index (χ2v) is 7.61. The van der Waals surface area contributed by atoms with Gasteiger partial charge in [-0.3, -0.25) is 4.79 Å². The summed E-state index contributed by atoms with van der Waals surface area (Å²) in [7, 11) is 1.64. The Hall–Kier alpha value is -2.93. The van der Waals surface area contributed by atoms with E-state index in [0.717, 1.165) is 29.0 Å². The van der Waals surface area contributed by atoms with Gasteiger partial charge in [-0.05, 0) is 54.6 Å². The van der Waals surface area contributed by atoms with Crippen LogP contribution in [0.1, 0.15) is 29.5 Å². The fourth-order valence-corrected chi connectivity index (χ4v) is 3.87. The lowest BCUT2D eigenvalue weighted by atomic mass is 9.96. The van der Waals surface area contributed by atoms with Crippen LogP contribution in [0.3, 0.4) is 0 Å². The van der Waals surface area contributed by atoms with Gasteiger partial charge >= 0.3 is 0 Å². The van der Waals surface area contributed by atoms with Gasteiger partial charge in [-0.1, -0.05) is 11.2 Å². The molecule has 4 rings (SSSR count). The van der Waals surface area contributed by atoms with E-state index in [1.807, 2.05) is 52.8 Å². The monoisotopic (exact) mass is 395 g/mol. The average molecular weight is 395 g/mol. The molecular weight excluding hydrogens is 374 g/mol. The summed E-state index contributed by atoms with van der Waals surface area (Å²) in [6, 6.07) is 11.5. The second-order valence-electron chi connectivity index (χ2n) is 6.63. The Labute approximate surface area is 167 Å². The topological polar surface area (TPSA) is 68.5 Å². The molecule has 0 unspecified atom stereocenters. The third kappa shape index (κ3) is 4.14. The van der Waals surface area contributed by atoms with E-state index in [2.05, 4.69) is 10.1 Å². The maximum absolute atomic E-state index is 12.4. The van der Waals surface area contributed by atoms with Gasteiger partial charge in [-0.15, -0.1) is 11.3 Å². The summed E-state index contributed by atoms with van der Waals surface area (Å²) in [6.45, 7) is 1.39. The van der Waals surface area contributed by atoms with Gasteiger partial charge in [-0.2, -0.15) is 4.98 Å². The summed E-state index contributed by atoms with van der Waals surface area (Å²) in [5.74, 6) is 2.25. The zero-order valence-electron chi connectivity index (χ0n) is 15.6. The molecule has 0 saturated carbocycles. The van der Waals surface area contributed by atoms with Crippen molar-refractivity contribution in [3.63, 3.8) is 0 Å². The molecule has 1 fully saturated rings. The maximum Gasteiger partial charge on any atom is 0.246 e. The Morgan fingerprint density at radius 2 is 2.04 bits per heavy atom. The zero-order chi connectivity index (χ0) is 19.3.